The second kappa shape index (κ2) is 6.65. The number of nitrogens with zero attached hydrogens (tertiary/aromatic N) is 1. The lowest BCUT2D eigenvalue weighted by Gasteiger charge is -2.10. The van der Waals surface area contributed by atoms with Gasteiger partial charge >= 0.3 is 0 Å². The summed E-state index contributed by atoms with van der Waals surface area (Å²) in [6, 6.07) is 14.1. The Morgan fingerprint density at radius 2 is 1.86 bits per heavy atom. The average Bonchev–Trinajstić information content (AvgIpc) is 2.51. The quantitative estimate of drug-likeness (QED) is 0.922. The second-order valence-electron chi connectivity index (χ2n) is 4.57. The third-order valence-electron chi connectivity index (χ3n) is 3.00. The molecule has 2 aromatic carbocycles. The molecular weight excluding hydrogens is 320 g/mol. The van der Waals surface area contributed by atoms with Gasteiger partial charge in [-0.3, -0.25) is 4.72 Å². The van der Waals surface area contributed by atoms with Crippen molar-refractivity contribution in [2.45, 2.75) is 6.92 Å². The van der Waals surface area contributed by atoms with Gasteiger partial charge in [0.05, 0.1) is 21.7 Å². The Morgan fingerprint density at radius 3 is 2.50 bits per heavy atom. The molecule has 0 saturated carbocycles. The third-order valence-corrected chi connectivity index (χ3v) is 4.48. The maximum Gasteiger partial charge on any atom is 0.255 e. The van der Waals surface area contributed by atoms with Gasteiger partial charge in [-0.25, -0.2) is 8.42 Å². The van der Waals surface area contributed by atoms with E-state index >= 15 is 0 Å². The van der Waals surface area contributed by atoms with Crippen LogP contribution in [-0.4, -0.2) is 8.42 Å². The van der Waals surface area contributed by atoms with E-state index in [9.17, 15) is 8.42 Å². The number of halogens is 1. The number of nitrogens with one attached hydrogen (secondary N) is 1. The molecule has 4 nitrogen and oxygen atoms in total. The average molecular weight is 333 g/mol. The van der Waals surface area contributed by atoms with E-state index in [4.69, 9.17) is 16.9 Å². The van der Waals surface area contributed by atoms with Crippen LogP contribution in [0.1, 0.15) is 16.7 Å². The van der Waals surface area contributed by atoms with Crippen LogP contribution in [0.5, 0.6) is 0 Å². The molecular formula is C16H13ClN2O2S. The summed E-state index contributed by atoms with van der Waals surface area (Å²) in [6.07, 6.45) is 1.50. The van der Waals surface area contributed by atoms with Crippen molar-refractivity contribution < 1.29 is 8.42 Å². The van der Waals surface area contributed by atoms with E-state index in [1.54, 1.807) is 19.1 Å². The summed E-state index contributed by atoms with van der Waals surface area (Å²) in [4.78, 5) is 0. The smallest absolute Gasteiger partial charge is 0.255 e. The predicted octanol–water partition coefficient (Wildman–Crippen LogP) is 3.93. The van der Waals surface area contributed by atoms with Crippen LogP contribution in [0.25, 0.3) is 6.08 Å². The topological polar surface area (TPSA) is 70.0 Å². The van der Waals surface area contributed by atoms with E-state index in [0.29, 0.717) is 16.8 Å². The summed E-state index contributed by atoms with van der Waals surface area (Å²) in [5.74, 6) is 0. The van der Waals surface area contributed by atoms with Gasteiger partial charge in [0.2, 0.25) is 0 Å². The van der Waals surface area contributed by atoms with Crippen LogP contribution in [-0.2, 0) is 10.0 Å². The molecule has 1 N–H and O–H groups in total. The highest BCUT2D eigenvalue weighted by Crippen LogP contribution is 2.27. The summed E-state index contributed by atoms with van der Waals surface area (Å²) >= 11 is 6.02. The Labute approximate surface area is 134 Å². The molecule has 2 rings (SSSR count). The molecule has 0 unspecified atom stereocenters. The van der Waals surface area contributed by atoms with E-state index in [0.717, 1.165) is 11.0 Å². The van der Waals surface area contributed by atoms with Crippen molar-refractivity contribution in [2.75, 3.05) is 4.72 Å². The number of hydrogen-bond acceptors (Lipinski definition) is 3. The predicted molar refractivity (Wildman–Crippen MR) is 88.9 cm³/mol. The first-order valence-electron chi connectivity index (χ1n) is 6.38. The largest absolute Gasteiger partial charge is 0.280 e. The highest BCUT2D eigenvalue weighted by atomic mass is 35.5. The zero-order valence-corrected chi connectivity index (χ0v) is 13.3. The van der Waals surface area contributed by atoms with Gasteiger partial charge in [0.25, 0.3) is 10.0 Å². The molecule has 0 fully saturated rings. The van der Waals surface area contributed by atoms with E-state index in [2.05, 4.69) is 4.72 Å². The molecule has 0 aromatic heterocycles. The molecule has 0 spiro atoms. The van der Waals surface area contributed by atoms with Crippen molar-refractivity contribution in [3.05, 3.63) is 69.6 Å². The van der Waals surface area contributed by atoms with Crippen molar-refractivity contribution in [1.29, 1.82) is 5.26 Å². The van der Waals surface area contributed by atoms with Crippen LogP contribution in [0, 0.1) is 18.3 Å². The second-order valence-corrected chi connectivity index (χ2v) is 6.52. The lowest BCUT2D eigenvalue weighted by Crippen LogP contribution is -2.10. The van der Waals surface area contributed by atoms with Crippen molar-refractivity contribution in [3.8, 4) is 6.07 Å². The minimum absolute atomic E-state index is 0.245. The Kier molecular flexibility index (Phi) is 4.86. The normalized spacial score (nSPS) is 11.3. The lowest BCUT2D eigenvalue weighted by atomic mass is 10.1. The number of anilines is 1. The molecule has 6 heteroatoms. The SMILES string of the molecule is Cc1c(NS(=O)(=O)/C=C/c2ccccc2)ccc(C#N)c1Cl. The number of rotatable bonds is 4. The Morgan fingerprint density at radius 1 is 1.18 bits per heavy atom. The fourth-order valence-electron chi connectivity index (χ4n) is 1.80. The van der Waals surface area contributed by atoms with Crippen molar-refractivity contribution in [2.24, 2.45) is 0 Å². The highest BCUT2D eigenvalue weighted by Gasteiger charge is 2.12. The van der Waals surface area contributed by atoms with Gasteiger partial charge in [-0.1, -0.05) is 41.9 Å². The maximum atomic E-state index is 12.1. The first kappa shape index (κ1) is 16.1. The van der Waals surface area contributed by atoms with Crippen molar-refractivity contribution in [3.63, 3.8) is 0 Å². The van der Waals surface area contributed by atoms with Crippen LogP contribution < -0.4 is 4.72 Å². The lowest BCUT2D eigenvalue weighted by molar-refractivity contribution is 0.609. The summed E-state index contributed by atoms with van der Waals surface area (Å²) < 4.78 is 26.6. The minimum Gasteiger partial charge on any atom is -0.280 e. The molecule has 22 heavy (non-hydrogen) atoms. The van der Waals surface area contributed by atoms with Gasteiger partial charge < -0.3 is 0 Å². The van der Waals surface area contributed by atoms with E-state index in [-0.39, 0.29) is 5.02 Å². The molecule has 112 valence electrons. The van der Waals surface area contributed by atoms with Gasteiger partial charge in [0.1, 0.15) is 6.07 Å². The first-order valence-corrected chi connectivity index (χ1v) is 8.30. The summed E-state index contributed by atoms with van der Waals surface area (Å²) in [7, 11) is -3.66. The molecule has 0 aliphatic rings. The zero-order chi connectivity index (χ0) is 16.2. The number of nitriles is 1. The molecule has 2 aromatic rings. The molecule has 0 aliphatic heterocycles. The molecule has 0 bridgehead atoms. The number of hydrogen-bond donors (Lipinski definition) is 1. The van der Waals surface area contributed by atoms with Gasteiger partial charge in [0.15, 0.2) is 0 Å². The fraction of sp³-hybridized carbons (Fsp3) is 0.0625. The van der Waals surface area contributed by atoms with Gasteiger partial charge in [-0.15, -0.1) is 0 Å². The van der Waals surface area contributed by atoms with Crippen LogP contribution in [0.2, 0.25) is 5.02 Å². The first-order chi connectivity index (χ1) is 10.4. The number of benzene rings is 2. The molecule has 0 radical (unpaired) electrons. The number of sulfonamides is 1. The fourth-order valence-corrected chi connectivity index (χ4v) is 2.94. The Balaban J connectivity index is 2.25. The van der Waals surface area contributed by atoms with Crippen LogP contribution >= 0.6 is 11.6 Å². The van der Waals surface area contributed by atoms with Crippen molar-refractivity contribution in [1.82, 2.24) is 0 Å². The van der Waals surface area contributed by atoms with E-state index in [1.165, 1.54) is 18.2 Å². The Bertz CT molecular complexity index is 854. The summed E-state index contributed by atoms with van der Waals surface area (Å²) in [5, 5.41) is 10.2. The van der Waals surface area contributed by atoms with Gasteiger partial charge in [0, 0.05) is 0 Å². The standard InChI is InChI=1S/C16H13ClN2O2S/c1-12-15(8-7-14(11-18)16(12)17)19-22(20,21)10-9-13-5-3-2-4-6-13/h2-10,19H,1H3/b10-9+. The monoisotopic (exact) mass is 332 g/mol. The molecule has 0 atom stereocenters. The highest BCUT2D eigenvalue weighted by molar-refractivity contribution is 7.95. The Hall–Kier alpha value is -2.29. The van der Waals surface area contributed by atoms with Gasteiger partial charge in [-0.05, 0) is 36.3 Å². The minimum atomic E-state index is -3.66. The van der Waals surface area contributed by atoms with Crippen LogP contribution in [0.4, 0.5) is 5.69 Å². The van der Waals surface area contributed by atoms with Crippen LogP contribution in [0.3, 0.4) is 0 Å². The van der Waals surface area contributed by atoms with Crippen LogP contribution in [0.15, 0.2) is 47.9 Å². The maximum absolute atomic E-state index is 12.1. The summed E-state index contributed by atoms with van der Waals surface area (Å²) in [5.41, 5.74) is 1.95. The zero-order valence-electron chi connectivity index (χ0n) is 11.7. The molecule has 0 saturated heterocycles. The van der Waals surface area contributed by atoms with Crippen molar-refractivity contribution >= 4 is 33.4 Å². The summed E-state index contributed by atoms with van der Waals surface area (Å²) in [6.45, 7) is 1.65. The van der Waals surface area contributed by atoms with Gasteiger partial charge in [-0.2, -0.15) is 5.26 Å². The molecule has 0 aliphatic carbocycles. The van der Waals surface area contributed by atoms with E-state index < -0.39 is 10.0 Å². The van der Waals surface area contributed by atoms with E-state index in [1.807, 2.05) is 24.3 Å². The third kappa shape index (κ3) is 3.88. The molecule has 0 heterocycles. The molecule has 0 amide bonds.